The van der Waals surface area contributed by atoms with Gasteiger partial charge in [0.1, 0.15) is 0 Å². The van der Waals surface area contributed by atoms with E-state index in [1.54, 1.807) is 6.92 Å². The highest BCUT2D eigenvalue weighted by molar-refractivity contribution is 7.89. The first-order valence-electron chi connectivity index (χ1n) is 10.8. The second-order valence-electron chi connectivity index (χ2n) is 8.12. The van der Waals surface area contributed by atoms with Crippen LogP contribution in [0.1, 0.15) is 46.5 Å². The lowest BCUT2D eigenvalue weighted by atomic mass is 10.1. The molecule has 2 amide bonds. The Morgan fingerprint density at radius 1 is 0.941 bits per heavy atom. The average Bonchev–Trinajstić information content (AvgIpc) is 2.82. The summed E-state index contributed by atoms with van der Waals surface area (Å²) in [4.78, 5) is 28.5. The highest BCUT2D eigenvalue weighted by Gasteiger charge is 2.32. The summed E-state index contributed by atoms with van der Waals surface area (Å²) in [6.07, 6.45) is -3.90. The topological polar surface area (TPSA) is 86.8 Å². The van der Waals surface area contributed by atoms with Crippen LogP contribution < -0.4 is 4.72 Å². The molecule has 0 radical (unpaired) electrons. The van der Waals surface area contributed by atoms with Gasteiger partial charge in [0.15, 0.2) is 0 Å². The maximum Gasteiger partial charge on any atom is 0.416 e. The number of piperazine rings is 1. The first-order valence-corrected chi connectivity index (χ1v) is 12.3. The summed E-state index contributed by atoms with van der Waals surface area (Å²) in [5.41, 5.74) is -0.644. The molecule has 1 heterocycles. The Morgan fingerprint density at radius 3 is 1.97 bits per heavy atom. The Labute approximate surface area is 196 Å². The van der Waals surface area contributed by atoms with Gasteiger partial charge in [-0.1, -0.05) is 13.0 Å². The summed E-state index contributed by atoms with van der Waals surface area (Å²) in [5, 5.41) is 0. The van der Waals surface area contributed by atoms with Gasteiger partial charge in [0.2, 0.25) is 10.0 Å². The first-order chi connectivity index (χ1) is 15.9. The van der Waals surface area contributed by atoms with Crippen LogP contribution in [0.4, 0.5) is 13.2 Å². The number of sulfonamides is 1. The average molecular weight is 498 g/mol. The molecule has 1 fully saturated rings. The van der Waals surface area contributed by atoms with Crippen LogP contribution in [-0.4, -0.2) is 62.3 Å². The molecule has 2 aromatic rings. The molecule has 0 aliphatic carbocycles. The zero-order valence-corrected chi connectivity index (χ0v) is 19.6. The number of amides is 2. The fourth-order valence-corrected chi connectivity index (χ4v) is 4.83. The highest BCUT2D eigenvalue weighted by atomic mass is 32.2. The molecule has 1 N–H and O–H groups in total. The van der Waals surface area contributed by atoms with Crippen LogP contribution in [0.15, 0.2) is 53.4 Å². The zero-order valence-electron chi connectivity index (χ0n) is 18.8. The van der Waals surface area contributed by atoms with E-state index in [4.69, 9.17) is 0 Å². The lowest BCUT2D eigenvalue weighted by Crippen LogP contribution is -2.50. The van der Waals surface area contributed by atoms with E-state index in [0.29, 0.717) is 12.0 Å². The Hall–Kier alpha value is -2.92. The molecule has 7 nitrogen and oxygen atoms in total. The van der Waals surface area contributed by atoms with E-state index in [1.165, 1.54) is 46.2 Å². The number of hydrogen-bond donors (Lipinski definition) is 1. The van der Waals surface area contributed by atoms with Crippen LogP contribution in [0.3, 0.4) is 0 Å². The predicted octanol–water partition coefficient (Wildman–Crippen LogP) is 3.38. The van der Waals surface area contributed by atoms with E-state index in [1.807, 2.05) is 6.92 Å². The third kappa shape index (κ3) is 5.95. The molecular weight excluding hydrogens is 471 g/mol. The van der Waals surface area contributed by atoms with E-state index >= 15 is 0 Å². The number of carbonyl (C=O) groups is 2. The van der Waals surface area contributed by atoms with Crippen molar-refractivity contribution in [3.63, 3.8) is 0 Å². The fraction of sp³-hybridized carbons (Fsp3) is 0.391. The number of rotatable bonds is 6. The Kier molecular flexibility index (Phi) is 7.67. The van der Waals surface area contributed by atoms with Gasteiger partial charge in [0.05, 0.1) is 10.5 Å². The first kappa shape index (κ1) is 25.7. The molecule has 1 aliphatic rings. The Morgan fingerprint density at radius 2 is 1.47 bits per heavy atom. The summed E-state index contributed by atoms with van der Waals surface area (Å²) in [6.45, 7) is 4.38. The van der Waals surface area contributed by atoms with Crippen molar-refractivity contribution in [1.82, 2.24) is 14.5 Å². The summed E-state index contributed by atoms with van der Waals surface area (Å²) in [6, 6.07) is 9.65. The molecule has 3 rings (SSSR count). The summed E-state index contributed by atoms with van der Waals surface area (Å²) >= 11 is 0. The molecule has 1 saturated heterocycles. The van der Waals surface area contributed by atoms with Gasteiger partial charge in [-0.3, -0.25) is 9.59 Å². The number of halogens is 3. The Balaban J connectivity index is 1.62. The van der Waals surface area contributed by atoms with Gasteiger partial charge in [0.25, 0.3) is 11.8 Å². The van der Waals surface area contributed by atoms with Gasteiger partial charge in [-0.2, -0.15) is 13.2 Å². The lowest BCUT2D eigenvalue weighted by molar-refractivity contribution is -0.137. The molecule has 0 saturated carbocycles. The van der Waals surface area contributed by atoms with Crippen molar-refractivity contribution in [2.24, 2.45) is 0 Å². The van der Waals surface area contributed by atoms with Crippen molar-refractivity contribution in [3.8, 4) is 0 Å². The quantitative estimate of drug-likeness (QED) is 0.663. The van der Waals surface area contributed by atoms with Gasteiger partial charge < -0.3 is 9.80 Å². The SMILES string of the molecule is CCC(C)NS(=O)(=O)c1ccc(C(=O)N2CCN(C(=O)c3cccc(C(F)(F)F)c3)CC2)cc1. The number of nitrogens with one attached hydrogen (secondary N) is 1. The third-order valence-electron chi connectivity index (χ3n) is 5.67. The van der Waals surface area contributed by atoms with Crippen molar-refractivity contribution >= 4 is 21.8 Å². The molecule has 1 unspecified atom stereocenters. The van der Waals surface area contributed by atoms with Gasteiger partial charge in [-0.25, -0.2) is 13.1 Å². The molecular formula is C23H26F3N3O4S. The molecule has 0 aromatic heterocycles. The molecule has 11 heteroatoms. The van der Waals surface area contributed by atoms with Gasteiger partial charge in [-0.05, 0) is 55.8 Å². The number of nitrogens with zero attached hydrogens (tertiary/aromatic N) is 2. The van der Waals surface area contributed by atoms with Gasteiger partial charge >= 0.3 is 6.18 Å². The molecule has 1 atom stereocenters. The van der Waals surface area contributed by atoms with Crippen molar-refractivity contribution in [2.75, 3.05) is 26.2 Å². The molecule has 0 bridgehead atoms. The van der Waals surface area contributed by atoms with E-state index in [2.05, 4.69) is 4.72 Å². The lowest BCUT2D eigenvalue weighted by Gasteiger charge is -2.35. The minimum absolute atomic E-state index is 0.0563. The number of hydrogen-bond acceptors (Lipinski definition) is 4. The van der Waals surface area contributed by atoms with Crippen molar-refractivity contribution in [3.05, 3.63) is 65.2 Å². The summed E-state index contributed by atoms with van der Waals surface area (Å²) in [5.74, 6) is -0.841. The van der Waals surface area contributed by atoms with Crippen LogP contribution in [0, 0.1) is 0 Å². The minimum atomic E-state index is -4.54. The summed E-state index contributed by atoms with van der Waals surface area (Å²) in [7, 11) is -3.68. The van der Waals surface area contributed by atoms with Gasteiger partial charge in [0, 0.05) is 43.3 Å². The van der Waals surface area contributed by atoms with Crippen LogP contribution >= 0.6 is 0 Å². The van der Waals surface area contributed by atoms with Crippen LogP contribution in [0.5, 0.6) is 0 Å². The van der Waals surface area contributed by atoms with E-state index in [0.717, 1.165) is 12.1 Å². The van der Waals surface area contributed by atoms with Crippen molar-refractivity contribution in [2.45, 2.75) is 37.4 Å². The van der Waals surface area contributed by atoms with E-state index in [-0.39, 0.29) is 48.6 Å². The largest absolute Gasteiger partial charge is 0.416 e. The molecule has 2 aromatic carbocycles. The molecule has 184 valence electrons. The maximum atomic E-state index is 12.9. The van der Waals surface area contributed by atoms with Crippen LogP contribution in [0.25, 0.3) is 0 Å². The van der Waals surface area contributed by atoms with Crippen molar-refractivity contribution in [1.29, 1.82) is 0 Å². The van der Waals surface area contributed by atoms with Crippen LogP contribution in [-0.2, 0) is 16.2 Å². The normalized spacial score (nSPS) is 15.8. The highest BCUT2D eigenvalue weighted by Crippen LogP contribution is 2.30. The predicted molar refractivity (Wildman–Crippen MR) is 120 cm³/mol. The van der Waals surface area contributed by atoms with Crippen LogP contribution in [0.2, 0.25) is 0 Å². The van der Waals surface area contributed by atoms with Gasteiger partial charge in [-0.15, -0.1) is 0 Å². The third-order valence-corrected chi connectivity index (χ3v) is 7.28. The number of carbonyl (C=O) groups excluding carboxylic acids is 2. The zero-order chi connectivity index (χ0) is 25.1. The smallest absolute Gasteiger partial charge is 0.335 e. The number of alkyl halides is 3. The molecule has 1 aliphatic heterocycles. The second kappa shape index (κ2) is 10.1. The number of benzene rings is 2. The minimum Gasteiger partial charge on any atom is -0.335 e. The summed E-state index contributed by atoms with van der Waals surface area (Å²) < 4.78 is 66.1. The van der Waals surface area contributed by atoms with Crippen molar-refractivity contribution < 1.29 is 31.2 Å². The fourth-order valence-electron chi connectivity index (χ4n) is 3.50. The maximum absolute atomic E-state index is 12.9. The van der Waals surface area contributed by atoms with E-state index in [9.17, 15) is 31.2 Å². The van der Waals surface area contributed by atoms with E-state index < -0.39 is 27.7 Å². The second-order valence-corrected chi connectivity index (χ2v) is 9.83. The molecule has 34 heavy (non-hydrogen) atoms. The Bertz CT molecular complexity index is 1140. The standard InChI is InChI=1S/C23H26F3N3O4S/c1-3-16(2)27-34(32,33)20-9-7-17(8-10-20)21(30)28-11-13-29(14-12-28)22(31)18-5-4-6-19(15-18)23(24,25)26/h4-10,15-16,27H,3,11-14H2,1-2H3. The molecule has 0 spiro atoms. The monoisotopic (exact) mass is 497 g/mol.